The van der Waals surface area contributed by atoms with Crippen LogP contribution < -0.4 is 0 Å². The number of nitrogens with one attached hydrogen (secondary N) is 1. The maximum Gasteiger partial charge on any atom is 0.270 e. The summed E-state index contributed by atoms with van der Waals surface area (Å²) in [6.45, 7) is 0. The molecule has 0 aliphatic heterocycles. The van der Waals surface area contributed by atoms with E-state index in [-0.39, 0.29) is 5.69 Å². The Bertz CT molecular complexity index is 515. The Morgan fingerprint density at radius 1 is 1.50 bits per heavy atom. The summed E-state index contributed by atoms with van der Waals surface area (Å²) in [7, 11) is 0. The molecule has 0 aliphatic rings. The fourth-order valence-electron chi connectivity index (χ4n) is 1.10. The normalized spacial score (nSPS) is 10.3. The third kappa shape index (κ3) is 2.34. The van der Waals surface area contributed by atoms with Crippen LogP contribution in [0.2, 0.25) is 5.02 Å². The molecule has 2 rings (SSSR count). The number of hydrogen-bond donors (Lipinski definition) is 1. The number of nitro benzene ring substituents is 1. The molecule has 0 spiro atoms. The van der Waals surface area contributed by atoms with Gasteiger partial charge in [0.15, 0.2) is 5.16 Å². The van der Waals surface area contributed by atoms with E-state index in [0.717, 1.165) is 4.90 Å². The van der Waals surface area contributed by atoms with Gasteiger partial charge >= 0.3 is 0 Å². The molecule has 1 heterocycles. The summed E-state index contributed by atoms with van der Waals surface area (Å²) in [5, 5.41) is 11.5. The number of aromatic nitrogens is 2. The molecule has 0 fully saturated rings. The Morgan fingerprint density at radius 2 is 2.31 bits per heavy atom. The molecular weight excluding hydrogens is 250 g/mol. The minimum atomic E-state index is -0.479. The van der Waals surface area contributed by atoms with E-state index in [9.17, 15) is 10.1 Å². The van der Waals surface area contributed by atoms with Crippen LogP contribution in [-0.2, 0) is 0 Å². The Kier molecular flexibility index (Phi) is 3.12. The zero-order chi connectivity index (χ0) is 11.5. The lowest BCUT2D eigenvalue weighted by molar-refractivity contribution is -0.384. The van der Waals surface area contributed by atoms with Crippen LogP contribution in [0.5, 0.6) is 0 Å². The number of nitro groups is 1. The van der Waals surface area contributed by atoms with Gasteiger partial charge in [0, 0.05) is 29.4 Å². The van der Waals surface area contributed by atoms with E-state index in [0.29, 0.717) is 10.2 Å². The van der Waals surface area contributed by atoms with E-state index >= 15 is 0 Å². The number of non-ortho nitro benzene ring substituents is 1. The van der Waals surface area contributed by atoms with Crippen molar-refractivity contribution in [2.45, 2.75) is 10.1 Å². The molecule has 5 nitrogen and oxygen atoms in total. The first-order chi connectivity index (χ1) is 7.66. The van der Waals surface area contributed by atoms with Crippen LogP contribution in [0.1, 0.15) is 0 Å². The Hall–Kier alpha value is -1.53. The summed E-state index contributed by atoms with van der Waals surface area (Å²) < 4.78 is 0. The van der Waals surface area contributed by atoms with Crippen molar-refractivity contribution in [2.24, 2.45) is 0 Å². The molecule has 16 heavy (non-hydrogen) atoms. The lowest BCUT2D eigenvalue weighted by Gasteiger charge is -2.00. The second-order valence-electron chi connectivity index (χ2n) is 2.87. The molecular formula is C9H6ClN3O2S. The molecule has 0 saturated heterocycles. The first-order valence-electron chi connectivity index (χ1n) is 4.28. The molecule has 7 heteroatoms. The van der Waals surface area contributed by atoms with Crippen LogP contribution in [0.25, 0.3) is 0 Å². The zero-order valence-electron chi connectivity index (χ0n) is 7.88. The van der Waals surface area contributed by atoms with Crippen LogP contribution in [-0.4, -0.2) is 14.9 Å². The quantitative estimate of drug-likeness (QED) is 0.676. The molecule has 0 saturated carbocycles. The summed E-state index contributed by atoms with van der Waals surface area (Å²) >= 11 is 7.24. The molecule has 1 aromatic carbocycles. The van der Waals surface area contributed by atoms with Crippen LogP contribution in [0.3, 0.4) is 0 Å². The van der Waals surface area contributed by atoms with Gasteiger partial charge in [-0.05, 0) is 6.07 Å². The average Bonchev–Trinajstić information content (AvgIpc) is 2.73. The Balaban J connectivity index is 2.26. The first kappa shape index (κ1) is 11.0. The van der Waals surface area contributed by atoms with Gasteiger partial charge in [-0.3, -0.25) is 10.1 Å². The largest absolute Gasteiger partial charge is 0.339 e. The van der Waals surface area contributed by atoms with Gasteiger partial charge in [-0.2, -0.15) is 0 Å². The van der Waals surface area contributed by atoms with Crippen molar-refractivity contribution in [3.63, 3.8) is 0 Å². The number of halogens is 1. The van der Waals surface area contributed by atoms with E-state index in [1.165, 1.54) is 23.9 Å². The highest BCUT2D eigenvalue weighted by Gasteiger charge is 2.10. The van der Waals surface area contributed by atoms with Gasteiger partial charge in [0.1, 0.15) is 0 Å². The molecule has 1 aromatic heterocycles. The molecule has 0 radical (unpaired) electrons. The van der Waals surface area contributed by atoms with Crippen molar-refractivity contribution in [3.05, 3.63) is 45.7 Å². The fraction of sp³-hybridized carbons (Fsp3) is 0. The third-order valence-electron chi connectivity index (χ3n) is 1.81. The number of nitrogens with zero attached hydrogens (tertiary/aromatic N) is 2. The number of hydrogen-bond acceptors (Lipinski definition) is 4. The third-order valence-corrected chi connectivity index (χ3v) is 3.22. The molecule has 2 aromatic rings. The van der Waals surface area contributed by atoms with Gasteiger partial charge in [0.2, 0.25) is 0 Å². The summed E-state index contributed by atoms with van der Waals surface area (Å²) in [5.74, 6) is 0. The first-order valence-corrected chi connectivity index (χ1v) is 5.47. The smallest absolute Gasteiger partial charge is 0.270 e. The molecule has 0 unspecified atom stereocenters. The van der Waals surface area contributed by atoms with Gasteiger partial charge in [-0.25, -0.2) is 4.98 Å². The predicted octanol–water partition coefficient (Wildman–Crippen LogP) is 3.12. The highest BCUT2D eigenvalue weighted by molar-refractivity contribution is 7.99. The Labute approximate surface area is 100.0 Å². The summed E-state index contributed by atoms with van der Waals surface area (Å²) in [6.07, 6.45) is 3.32. The number of H-pyrrole nitrogens is 1. The second-order valence-corrected chi connectivity index (χ2v) is 4.31. The van der Waals surface area contributed by atoms with Crippen molar-refractivity contribution in [1.82, 2.24) is 9.97 Å². The lowest BCUT2D eigenvalue weighted by Crippen LogP contribution is -1.88. The molecule has 82 valence electrons. The maximum atomic E-state index is 10.5. The Morgan fingerprint density at radius 3 is 2.88 bits per heavy atom. The number of rotatable bonds is 3. The standard InChI is InChI=1S/C9H6ClN3O2S/c10-7-5-6(13(14)15)1-2-8(7)16-9-11-3-4-12-9/h1-5H,(H,11,12). The maximum absolute atomic E-state index is 10.5. The van der Waals surface area contributed by atoms with E-state index < -0.39 is 4.92 Å². The van der Waals surface area contributed by atoms with E-state index in [4.69, 9.17) is 11.6 Å². The molecule has 0 aliphatic carbocycles. The molecule has 1 N–H and O–H groups in total. The molecule has 0 amide bonds. The summed E-state index contributed by atoms with van der Waals surface area (Å²) in [5.41, 5.74) is -0.0196. The second kappa shape index (κ2) is 4.54. The van der Waals surface area contributed by atoms with Crippen molar-refractivity contribution in [2.75, 3.05) is 0 Å². The summed E-state index contributed by atoms with van der Waals surface area (Å²) in [6, 6.07) is 4.34. The zero-order valence-corrected chi connectivity index (χ0v) is 9.46. The topological polar surface area (TPSA) is 71.8 Å². The molecule has 0 bridgehead atoms. The molecule has 0 atom stereocenters. The van der Waals surface area contributed by atoms with Crippen LogP contribution in [0.15, 0.2) is 40.6 Å². The highest BCUT2D eigenvalue weighted by Crippen LogP contribution is 2.33. The van der Waals surface area contributed by atoms with Gasteiger partial charge in [0.05, 0.1) is 9.95 Å². The van der Waals surface area contributed by atoms with Gasteiger partial charge in [-0.15, -0.1) is 0 Å². The van der Waals surface area contributed by atoms with Crippen LogP contribution >= 0.6 is 23.4 Å². The number of imidazole rings is 1. The van der Waals surface area contributed by atoms with E-state index in [1.54, 1.807) is 18.5 Å². The predicted molar refractivity (Wildman–Crippen MR) is 60.8 cm³/mol. The number of benzene rings is 1. The van der Waals surface area contributed by atoms with Crippen molar-refractivity contribution in [3.8, 4) is 0 Å². The fourth-order valence-corrected chi connectivity index (χ4v) is 2.13. The minimum Gasteiger partial charge on any atom is -0.339 e. The van der Waals surface area contributed by atoms with Crippen LogP contribution in [0, 0.1) is 10.1 Å². The van der Waals surface area contributed by atoms with Gasteiger partial charge < -0.3 is 4.98 Å². The summed E-state index contributed by atoms with van der Waals surface area (Å²) in [4.78, 5) is 17.7. The van der Waals surface area contributed by atoms with Crippen LogP contribution in [0.4, 0.5) is 5.69 Å². The van der Waals surface area contributed by atoms with Crippen molar-refractivity contribution < 1.29 is 4.92 Å². The van der Waals surface area contributed by atoms with Crippen molar-refractivity contribution >= 4 is 29.1 Å². The van der Waals surface area contributed by atoms with E-state index in [2.05, 4.69) is 9.97 Å². The SMILES string of the molecule is O=[N+]([O-])c1ccc(Sc2ncc[nH]2)c(Cl)c1. The monoisotopic (exact) mass is 255 g/mol. The van der Waals surface area contributed by atoms with Crippen molar-refractivity contribution in [1.29, 1.82) is 0 Å². The highest BCUT2D eigenvalue weighted by atomic mass is 35.5. The van der Waals surface area contributed by atoms with Gasteiger partial charge in [-0.1, -0.05) is 23.4 Å². The van der Waals surface area contributed by atoms with Gasteiger partial charge in [0.25, 0.3) is 5.69 Å². The average molecular weight is 256 g/mol. The minimum absolute atomic E-state index is 0.0196. The lowest BCUT2D eigenvalue weighted by atomic mass is 10.3. The number of aromatic amines is 1. The van der Waals surface area contributed by atoms with E-state index in [1.807, 2.05) is 0 Å².